The van der Waals surface area contributed by atoms with Crippen molar-refractivity contribution in [1.29, 1.82) is 0 Å². The van der Waals surface area contributed by atoms with Crippen LogP contribution in [-0.4, -0.2) is 32.8 Å². The Balaban J connectivity index is 1.95. The minimum absolute atomic E-state index is 0.769. The Labute approximate surface area is 97.2 Å². The monoisotopic (exact) mass is 220 g/mol. The summed E-state index contributed by atoms with van der Waals surface area (Å²) in [5, 5.41) is 0. The number of hydrogen-bond acceptors (Lipinski definition) is 3. The minimum Gasteiger partial charge on any atom is -0.378 e. The number of rotatable bonds is 4. The van der Waals surface area contributed by atoms with Crippen molar-refractivity contribution in [3.05, 3.63) is 29.8 Å². The van der Waals surface area contributed by atoms with E-state index in [9.17, 15) is 0 Å². The lowest BCUT2D eigenvalue weighted by Gasteiger charge is -2.28. The molecule has 1 saturated heterocycles. The molecule has 16 heavy (non-hydrogen) atoms. The van der Waals surface area contributed by atoms with Gasteiger partial charge in [0.1, 0.15) is 0 Å². The first-order valence-electron chi connectivity index (χ1n) is 6.02. The van der Waals surface area contributed by atoms with Crippen LogP contribution in [0.5, 0.6) is 0 Å². The van der Waals surface area contributed by atoms with Crippen LogP contribution < -0.4 is 10.6 Å². The molecule has 0 bridgehead atoms. The molecule has 1 aliphatic rings. The fourth-order valence-corrected chi connectivity index (χ4v) is 2.00. The van der Waals surface area contributed by atoms with E-state index in [4.69, 9.17) is 10.5 Å². The van der Waals surface area contributed by atoms with Crippen molar-refractivity contribution >= 4 is 5.69 Å². The first kappa shape index (κ1) is 11.4. The lowest BCUT2D eigenvalue weighted by molar-refractivity contribution is 0.122. The van der Waals surface area contributed by atoms with Gasteiger partial charge in [-0.05, 0) is 37.1 Å². The predicted molar refractivity (Wildman–Crippen MR) is 66.8 cm³/mol. The van der Waals surface area contributed by atoms with Crippen LogP contribution in [-0.2, 0) is 11.2 Å². The van der Waals surface area contributed by atoms with Crippen LogP contribution in [0.3, 0.4) is 0 Å². The Morgan fingerprint density at radius 2 is 1.81 bits per heavy atom. The van der Waals surface area contributed by atoms with Crippen LogP contribution in [0, 0.1) is 0 Å². The normalized spacial score (nSPS) is 16.4. The van der Waals surface area contributed by atoms with Crippen LogP contribution in [0.1, 0.15) is 12.0 Å². The molecule has 0 radical (unpaired) electrons. The average molecular weight is 220 g/mol. The third kappa shape index (κ3) is 2.97. The van der Waals surface area contributed by atoms with E-state index in [0.717, 1.165) is 45.7 Å². The molecule has 0 unspecified atom stereocenters. The molecule has 1 fully saturated rings. The summed E-state index contributed by atoms with van der Waals surface area (Å²) in [4.78, 5) is 2.37. The number of ether oxygens (including phenoxy) is 1. The molecule has 1 aromatic carbocycles. The van der Waals surface area contributed by atoms with Crippen molar-refractivity contribution in [3.8, 4) is 0 Å². The molecule has 0 aliphatic carbocycles. The Hall–Kier alpha value is -1.06. The lowest BCUT2D eigenvalue weighted by Crippen LogP contribution is -2.36. The third-order valence-electron chi connectivity index (χ3n) is 2.98. The van der Waals surface area contributed by atoms with Gasteiger partial charge in [-0.15, -0.1) is 0 Å². The summed E-state index contributed by atoms with van der Waals surface area (Å²) in [6.45, 7) is 4.46. The maximum atomic E-state index is 5.50. The number of morpholine rings is 1. The number of benzene rings is 1. The summed E-state index contributed by atoms with van der Waals surface area (Å²) in [6.07, 6.45) is 2.15. The SMILES string of the molecule is NCCCc1ccc(N2CCOCC2)cc1. The van der Waals surface area contributed by atoms with Crippen LogP contribution >= 0.6 is 0 Å². The highest BCUT2D eigenvalue weighted by molar-refractivity contribution is 5.47. The molecule has 0 aromatic heterocycles. The van der Waals surface area contributed by atoms with Crippen molar-refractivity contribution in [2.45, 2.75) is 12.8 Å². The Kier molecular flexibility index (Phi) is 4.19. The van der Waals surface area contributed by atoms with Gasteiger partial charge in [0, 0.05) is 18.8 Å². The van der Waals surface area contributed by atoms with Crippen LogP contribution in [0.4, 0.5) is 5.69 Å². The van der Waals surface area contributed by atoms with Gasteiger partial charge in [-0.25, -0.2) is 0 Å². The third-order valence-corrected chi connectivity index (χ3v) is 2.98. The van der Waals surface area contributed by atoms with Gasteiger partial charge in [0.25, 0.3) is 0 Å². The second-order valence-corrected chi connectivity index (χ2v) is 4.16. The van der Waals surface area contributed by atoms with E-state index in [-0.39, 0.29) is 0 Å². The van der Waals surface area contributed by atoms with Crippen LogP contribution in [0.25, 0.3) is 0 Å². The highest BCUT2D eigenvalue weighted by Gasteiger charge is 2.10. The van der Waals surface area contributed by atoms with E-state index in [2.05, 4.69) is 29.2 Å². The molecule has 0 atom stereocenters. The Bertz CT molecular complexity index is 304. The molecule has 0 spiro atoms. The van der Waals surface area contributed by atoms with Crippen molar-refractivity contribution in [1.82, 2.24) is 0 Å². The molecule has 2 rings (SSSR count). The molecule has 1 heterocycles. The van der Waals surface area contributed by atoms with Crippen molar-refractivity contribution in [3.63, 3.8) is 0 Å². The molecule has 1 aliphatic heterocycles. The molecular weight excluding hydrogens is 200 g/mol. The summed E-state index contributed by atoms with van der Waals surface area (Å²) >= 11 is 0. The molecule has 0 amide bonds. The van der Waals surface area contributed by atoms with Crippen molar-refractivity contribution in [2.24, 2.45) is 5.73 Å². The summed E-state index contributed by atoms with van der Waals surface area (Å²) in [6, 6.07) is 8.83. The van der Waals surface area contributed by atoms with Gasteiger partial charge in [0.05, 0.1) is 13.2 Å². The molecule has 2 N–H and O–H groups in total. The first-order chi connectivity index (χ1) is 7.90. The van der Waals surface area contributed by atoms with Gasteiger partial charge < -0.3 is 15.4 Å². The summed E-state index contributed by atoms with van der Waals surface area (Å²) < 4.78 is 5.34. The summed E-state index contributed by atoms with van der Waals surface area (Å²) in [5.74, 6) is 0. The summed E-state index contributed by atoms with van der Waals surface area (Å²) in [7, 11) is 0. The molecule has 3 nitrogen and oxygen atoms in total. The molecule has 0 saturated carbocycles. The second kappa shape index (κ2) is 5.87. The van der Waals surface area contributed by atoms with Gasteiger partial charge >= 0.3 is 0 Å². The number of anilines is 1. The molecule has 3 heteroatoms. The molecule has 88 valence electrons. The van der Waals surface area contributed by atoms with Gasteiger partial charge in [0.2, 0.25) is 0 Å². The minimum atomic E-state index is 0.769. The average Bonchev–Trinajstić information content (AvgIpc) is 2.38. The van der Waals surface area contributed by atoms with Crippen LogP contribution in [0.2, 0.25) is 0 Å². The zero-order chi connectivity index (χ0) is 11.2. The fourth-order valence-electron chi connectivity index (χ4n) is 2.00. The van der Waals surface area contributed by atoms with Gasteiger partial charge in [-0.2, -0.15) is 0 Å². The smallest absolute Gasteiger partial charge is 0.0642 e. The van der Waals surface area contributed by atoms with Crippen molar-refractivity contribution < 1.29 is 4.74 Å². The number of hydrogen-bond donors (Lipinski definition) is 1. The first-order valence-corrected chi connectivity index (χ1v) is 6.02. The topological polar surface area (TPSA) is 38.5 Å². The van der Waals surface area contributed by atoms with Crippen LogP contribution in [0.15, 0.2) is 24.3 Å². The second-order valence-electron chi connectivity index (χ2n) is 4.16. The maximum Gasteiger partial charge on any atom is 0.0642 e. The Morgan fingerprint density at radius 3 is 2.44 bits per heavy atom. The lowest BCUT2D eigenvalue weighted by atomic mass is 10.1. The zero-order valence-electron chi connectivity index (χ0n) is 9.69. The zero-order valence-corrected chi connectivity index (χ0v) is 9.69. The quantitative estimate of drug-likeness (QED) is 0.834. The van der Waals surface area contributed by atoms with E-state index < -0.39 is 0 Å². The largest absolute Gasteiger partial charge is 0.378 e. The Morgan fingerprint density at radius 1 is 1.12 bits per heavy atom. The highest BCUT2D eigenvalue weighted by Crippen LogP contribution is 2.17. The standard InChI is InChI=1S/C13H20N2O/c14-7-1-2-12-3-5-13(6-4-12)15-8-10-16-11-9-15/h3-6H,1-2,7-11,14H2. The number of aryl methyl sites for hydroxylation is 1. The van der Waals surface area contributed by atoms with Gasteiger partial charge in [0.15, 0.2) is 0 Å². The van der Waals surface area contributed by atoms with E-state index >= 15 is 0 Å². The molecular formula is C13H20N2O. The number of nitrogens with two attached hydrogens (primary N) is 1. The molecule has 1 aromatic rings. The maximum absolute atomic E-state index is 5.50. The van der Waals surface area contributed by atoms with E-state index in [1.807, 2.05) is 0 Å². The highest BCUT2D eigenvalue weighted by atomic mass is 16.5. The van der Waals surface area contributed by atoms with E-state index in [1.165, 1.54) is 11.3 Å². The summed E-state index contributed by atoms with van der Waals surface area (Å²) in [5.41, 5.74) is 8.18. The number of nitrogens with zero attached hydrogens (tertiary/aromatic N) is 1. The van der Waals surface area contributed by atoms with Crippen molar-refractivity contribution in [2.75, 3.05) is 37.7 Å². The van der Waals surface area contributed by atoms with E-state index in [1.54, 1.807) is 0 Å². The van der Waals surface area contributed by atoms with Gasteiger partial charge in [-0.3, -0.25) is 0 Å². The van der Waals surface area contributed by atoms with Gasteiger partial charge in [-0.1, -0.05) is 12.1 Å². The van der Waals surface area contributed by atoms with E-state index in [0.29, 0.717) is 0 Å². The predicted octanol–water partition coefficient (Wildman–Crippen LogP) is 1.41. The fraction of sp³-hybridized carbons (Fsp3) is 0.538.